The SMILES string of the molecule is CC(C)(C)c1ccc(-c2ccc(-c3ccc(C(C)(C)C)s3)s2)s1. The van der Waals surface area contributed by atoms with Crippen molar-refractivity contribution in [2.75, 3.05) is 0 Å². The first-order valence-electron chi connectivity index (χ1n) is 7.96. The Morgan fingerprint density at radius 3 is 1.09 bits per heavy atom. The van der Waals surface area contributed by atoms with Crippen molar-refractivity contribution in [1.82, 2.24) is 0 Å². The van der Waals surface area contributed by atoms with Crippen LogP contribution in [-0.2, 0) is 10.8 Å². The maximum Gasteiger partial charge on any atom is 0.0449 e. The van der Waals surface area contributed by atoms with Crippen LogP contribution in [-0.4, -0.2) is 0 Å². The Hall–Kier alpha value is -0.900. The monoisotopic (exact) mass is 360 g/mol. The van der Waals surface area contributed by atoms with Crippen molar-refractivity contribution in [1.29, 1.82) is 0 Å². The molecule has 3 rings (SSSR count). The zero-order chi connectivity index (χ0) is 16.8. The Balaban J connectivity index is 1.89. The van der Waals surface area contributed by atoms with Crippen LogP contribution in [0.15, 0.2) is 36.4 Å². The van der Waals surface area contributed by atoms with Crippen LogP contribution in [0.4, 0.5) is 0 Å². The molecule has 0 fully saturated rings. The molecular formula is C20H24S3. The molecule has 0 radical (unpaired) electrons. The van der Waals surface area contributed by atoms with Gasteiger partial charge >= 0.3 is 0 Å². The van der Waals surface area contributed by atoms with Gasteiger partial charge in [0.25, 0.3) is 0 Å². The Labute approximate surface area is 151 Å². The Bertz CT molecular complexity index is 734. The van der Waals surface area contributed by atoms with Gasteiger partial charge in [-0.3, -0.25) is 0 Å². The molecule has 0 aliphatic rings. The predicted octanol–water partition coefficient (Wildman–Crippen LogP) is 7.80. The molecular weight excluding hydrogens is 336 g/mol. The van der Waals surface area contributed by atoms with Gasteiger partial charge in [0.1, 0.15) is 0 Å². The molecule has 3 aromatic rings. The molecule has 3 aromatic heterocycles. The standard InChI is InChI=1S/C20H24S3/c1-19(2,3)17-11-9-15(22-17)13-7-8-14(21-13)16-10-12-18(23-16)20(4,5)6/h7-12H,1-6H3. The number of rotatable bonds is 2. The topological polar surface area (TPSA) is 0 Å². The zero-order valence-electron chi connectivity index (χ0n) is 14.7. The average Bonchev–Trinajstić information content (AvgIpc) is 3.17. The summed E-state index contributed by atoms with van der Waals surface area (Å²) in [4.78, 5) is 8.44. The summed E-state index contributed by atoms with van der Waals surface area (Å²) in [6.07, 6.45) is 0. The van der Waals surface area contributed by atoms with Gasteiger partial charge in [0, 0.05) is 29.3 Å². The molecule has 0 N–H and O–H groups in total. The first kappa shape index (κ1) is 16.9. The fourth-order valence-electron chi connectivity index (χ4n) is 2.35. The maximum atomic E-state index is 2.28. The molecule has 0 amide bonds. The summed E-state index contributed by atoms with van der Waals surface area (Å²) in [7, 11) is 0. The molecule has 0 aromatic carbocycles. The number of hydrogen-bond donors (Lipinski definition) is 0. The Kier molecular flexibility index (Phi) is 4.33. The smallest absolute Gasteiger partial charge is 0.0449 e. The molecule has 0 unspecified atom stereocenters. The molecule has 3 heterocycles. The van der Waals surface area contributed by atoms with Gasteiger partial charge in [-0.15, -0.1) is 34.0 Å². The van der Waals surface area contributed by atoms with Gasteiger partial charge in [0.05, 0.1) is 0 Å². The second-order valence-corrected chi connectivity index (χ2v) is 11.2. The van der Waals surface area contributed by atoms with E-state index in [0.29, 0.717) is 0 Å². The average molecular weight is 361 g/mol. The molecule has 3 heteroatoms. The largest absolute Gasteiger partial charge is 0.139 e. The first-order valence-corrected chi connectivity index (χ1v) is 10.4. The van der Waals surface area contributed by atoms with E-state index >= 15 is 0 Å². The molecule has 0 nitrogen and oxygen atoms in total. The maximum absolute atomic E-state index is 2.28. The van der Waals surface area contributed by atoms with Crippen molar-refractivity contribution in [3.8, 4) is 19.5 Å². The van der Waals surface area contributed by atoms with E-state index in [4.69, 9.17) is 0 Å². The third-order valence-electron chi connectivity index (χ3n) is 3.78. The van der Waals surface area contributed by atoms with E-state index in [2.05, 4.69) is 77.9 Å². The minimum atomic E-state index is 0.234. The minimum Gasteiger partial charge on any atom is -0.139 e. The van der Waals surface area contributed by atoms with Crippen LogP contribution >= 0.6 is 34.0 Å². The van der Waals surface area contributed by atoms with E-state index in [1.807, 2.05) is 34.0 Å². The lowest BCUT2D eigenvalue weighted by atomic mass is 9.95. The van der Waals surface area contributed by atoms with E-state index in [-0.39, 0.29) is 10.8 Å². The number of thiophene rings is 3. The van der Waals surface area contributed by atoms with Crippen LogP contribution in [0.3, 0.4) is 0 Å². The van der Waals surface area contributed by atoms with Crippen LogP contribution in [0.25, 0.3) is 19.5 Å². The van der Waals surface area contributed by atoms with E-state index in [1.54, 1.807) is 0 Å². The van der Waals surface area contributed by atoms with Gasteiger partial charge in [-0.2, -0.15) is 0 Å². The van der Waals surface area contributed by atoms with E-state index in [0.717, 1.165) is 0 Å². The molecule has 0 spiro atoms. The van der Waals surface area contributed by atoms with Gasteiger partial charge < -0.3 is 0 Å². The van der Waals surface area contributed by atoms with Crippen molar-refractivity contribution in [3.05, 3.63) is 46.2 Å². The van der Waals surface area contributed by atoms with E-state index in [9.17, 15) is 0 Å². The molecule has 0 bridgehead atoms. The van der Waals surface area contributed by atoms with Gasteiger partial charge in [-0.25, -0.2) is 0 Å². The lowest BCUT2D eigenvalue weighted by Gasteiger charge is -2.15. The van der Waals surface area contributed by atoms with E-state index in [1.165, 1.54) is 29.3 Å². The fourth-order valence-corrected chi connectivity index (χ4v) is 5.66. The van der Waals surface area contributed by atoms with Crippen molar-refractivity contribution in [2.24, 2.45) is 0 Å². The summed E-state index contributed by atoms with van der Waals surface area (Å²) < 4.78 is 0. The summed E-state index contributed by atoms with van der Waals surface area (Å²) in [5, 5.41) is 0. The van der Waals surface area contributed by atoms with Crippen molar-refractivity contribution in [3.63, 3.8) is 0 Å². The molecule has 0 aliphatic carbocycles. The lowest BCUT2D eigenvalue weighted by molar-refractivity contribution is 0.603. The number of hydrogen-bond acceptors (Lipinski definition) is 3. The van der Waals surface area contributed by atoms with Gasteiger partial charge in [0.2, 0.25) is 0 Å². The highest BCUT2D eigenvalue weighted by Gasteiger charge is 2.19. The molecule has 0 atom stereocenters. The molecule has 0 saturated heterocycles. The van der Waals surface area contributed by atoms with Gasteiger partial charge in [-0.05, 0) is 47.2 Å². The summed E-state index contributed by atoms with van der Waals surface area (Å²) >= 11 is 5.76. The summed E-state index contributed by atoms with van der Waals surface area (Å²) in [5.41, 5.74) is 0.469. The van der Waals surface area contributed by atoms with Crippen LogP contribution in [0.2, 0.25) is 0 Å². The van der Waals surface area contributed by atoms with Crippen molar-refractivity contribution in [2.45, 2.75) is 52.4 Å². The fraction of sp³-hybridized carbons (Fsp3) is 0.400. The molecule has 0 aliphatic heterocycles. The van der Waals surface area contributed by atoms with E-state index < -0.39 is 0 Å². The van der Waals surface area contributed by atoms with Crippen LogP contribution < -0.4 is 0 Å². The second-order valence-electron chi connectivity index (χ2n) is 7.99. The second kappa shape index (κ2) is 5.87. The van der Waals surface area contributed by atoms with Crippen LogP contribution in [0.1, 0.15) is 51.3 Å². The Morgan fingerprint density at radius 1 is 0.478 bits per heavy atom. The summed E-state index contributed by atoms with van der Waals surface area (Å²) in [6.45, 7) is 13.7. The highest BCUT2D eigenvalue weighted by Crippen LogP contribution is 2.43. The lowest BCUT2D eigenvalue weighted by Crippen LogP contribution is -2.07. The third kappa shape index (κ3) is 3.62. The predicted molar refractivity (Wildman–Crippen MR) is 108 cm³/mol. The highest BCUT2D eigenvalue weighted by atomic mass is 32.1. The van der Waals surface area contributed by atoms with Gasteiger partial charge in [-0.1, -0.05) is 41.5 Å². The first-order chi connectivity index (χ1) is 10.6. The highest BCUT2D eigenvalue weighted by molar-refractivity contribution is 7.26. The van der Waals surface area contributed by atoms with Crippen LogP contribution in [0, 0.1) is 0 Å². The molecule has 0 saturated carbocycles. The molecule has 23 heavy (non-hydrogen) atoms. The Morgan fingerprint density at radius 2 is 0.783 bits per heavy atom. The van der Waals surface area contributed by atoms with Gasteiger partial charge in [0.15, 0.2) is 0 Å². The van der Waals surface area contributed by atoms with Crippen LogP contribution in [0.5, 0.6) is 0 Å². The van der Waals surface area contributed by atoms with Crippen molar-refractivity contribution >= 4 is 34.0 Å². The quantitative estimate of drug-likeness (QED) is 0.437. The summed E-state index contributed by atoms with van der Waals surface area (Å²) in [6, 6.07) is 13.7. The van der Waals surface area contributed by atoms with Crippen molar-refractivity contribution < 1.29 is 0 Å². The molecule has 122 valence electrons. The zero-order valence-corrected chi connectivity index (χ0v) is 17.1. The summed E-state index contributed by atoms with van der Waals surface area (Å²) in [5.74, 6) is 0. The third-order valence-corrected chi connectivity index (χ3v) is 8.28. The normalized spacial score (nSPS) is 12.8. The minimum absolute atomic E-state index is 0.234.